The maximum absolute atomic E-state index is 11.0. The molecular formula is C10H19NO4. The predicted octanol–water partition coefficient (Wildman–Crippen LogP) is 0.197. The van der Waals surface area contributed by atoms with Gasteiger partial charge < -0.3 is 14.6 Å². The Morgan fingerprint density at radius 3 is 2.47 bits per heavy atom. The van der Waals surface area contributed by atoms with Gasteiger partial charge in [0.15, 0.2) is 0 Å². The van der Waals surface area contributed by atoms with E-state index in [0.29, 0.717) is 0 Å². The molecule has 0 aromatic rings. The Labute approximate surface area is 90.0 Å². The van der Waals surface area contributed by atoms with E-state index in [4.69, 9.17) is 14.6 Å². The molecule has 0 aliphatic carbocycles. The van der Waals surface area contributed by atoms with Crippen LogP contribution in [-0.2, 0) is 14.3 Å². The van der Waals surface area contributed by atoms with E-state index >= 15 is 0 Å². The highest BCUT2D eigenvalue weighted by atomic mass is 16.5. The Morgan fingerprint density at radius 1 is 1.47 bits per heavy atom. The van der Waals surface area contributed by atoms with Crippen LogP contribution in [0.25, 0.3) is 0 Å². The van der Waals surface area contributed by atoms with E-state index in [1.807, 2.05) is 4.90 Å². The van der Waals surface area contributed by atoms with Crippen molar-refractivity contribution in [3.63, 3.8) is 0 Å². The summed E-state index contributed by atoms with van der Waals surface area (Å²) in [5, 5.41) is 9.03. The standard InChI is InChI=1S/C10H19NO4/c1-14-7-9(10(12)13)11-5-3-8(15-2)4-6-11/h8-9H,3-7H2,1-2H3,(H,12,13). The lowest BCUT2D eigenvalue weighted by Gasteiger charge is -2.34. The fourth-order valence-corrected chi connectivity index (χ4v) is 1.91. The van der Waals surface area contributed by atoms with Gasteiger partial charge in [-0.25, -0.2) is 0 Å². The molecular weight excluding hydrogens is 198 g/mol. The summed E-state index contributed by atoms with van der Waals surface area (Å²) in [6, 6.07) is -0.521. The maximum atomic E-state index is 11.0. The Balaban J connectivity index is 2.45. The van der Waals surface area contributed by atoms with Gasteiger partial charge >= 0.3 is 5.97 Å². The molecule has 1 rings (SSSR count). The van der Waals surface area contributed by atoms with Gasteiger partial charge in [-0.05, 0) is 12.8 Å². The van der Waals surface area contributed by atoms with Crippen molar-refractivity contribution < 1.29 is 19.4 Å². The number of ether oxygens (including phenoxy) is 2. The molecule has 0 aromatic carbocycles. The molecule has 0 saturated carbocycles. The largest absolute Gasteiger partial charge is 0.480 e. The van der Waals surface area contributed by atoms with Gasteiger partial charge in [-0.15, -0.1) is 0 Å². The van der Waals surface area contributed by atoms with E-state index in [0.717, 1.165) is 25.9 Å². The number of piperidine rings is 1. The normalized spacial score (nSPS) is 21.5. The second-order valence-electron chi connectivity index (χ2n) is 3.78. The first-order valence-corrected chi connectivity index (χ1v) is 5.17. The lowest BCUT2D eigenvalue weighted by atomic mass is 10.1. The second-order valence-corrected chi connectivity index (χ2v) is 3.78. The molecule has 1 fully saturated rings. The SMILES string of the molecule is COCC(C(=O)O)N1CCC(OC)CC1. The van der Waals surface area contributed by atoms with E-state index in [9.17, 15) is 4.79 Å². The number of hydrogen-bond donors (Lipinski definition) is 1. The van der Waals surface area contributed by atoms with Crippen molar-refractivity contribution in [2.45, 2.75) is 25.0 Å². The van der Waals surface area contributed by atoms with E-state index in [1.165, 1.54) is 7.11 Å². The van der Waals surface area contributed by atoms with Crippen LogP contribution in [0.4, 0.5) is 0 Å². The predicted molar refractivity (Wildman–Crippen MR) is 54.9 cm³/mol. The smallest absolute Gasteiger partial charge is 0.323 e. The van der Waals surface area contributed by atoms with Crippen LogP contribution < -0.4 is 0 Å². The highest BCUT2D eigenvalue weighted by Gasteiger charge is 2.29. The third-order valence-electron chi connectivity index (χ3n) is 2.86. The van der Waals surface area contributed by atoms with Gasteiger partial charge in [0, 0.05) is 27.3 Å². The molecule has 1 N–H and O–H groups in total. The van der Waals surface area contributed by atoms with Crippen molar-refractivity contribution in [1.29, 1.82) is 0 Å². The van der Waals surface area contributed by atoms with Crippen LogP contribution in [0, 0.1) is 0 Å². The van der Waals surface area contributed by atoms with Gasteiger partial charge in [0.05, 0.1) is 12.7 Å². The van der Waals surface area contributed by atoms with Crippen molar-refractivity contribution >= 4 is 5.97 Å². The molecule has 5 nitrogen and oxygen atoms in total. The number of hydrogen-bond acceptors (Lipinski definition) is 4. The zero-order chi connectivity index (χ0) is 11.3. The minimum absolute atomic E-state index is 0.243. The molecule has 88 valence electrons. The van der Waals surface area contributed by atoms with Crippen molar-refractivity contribution in [3.8, 4) is 0 Å². The molecule has 0 bridgehead atoms. The Kier molecular flexibility index (Phi) is 5.01. The summed E-state index contributed by atoms with van der Waals surface area (Å²) in [4.78, 5) is 12.9. The molecule has 0 amide bonds. The zero-order valence-electron chi connectivity index (χ0n) is 9.31. The minimum Gasteiger partial charge on any atom is -0.480 e. The Bertz CT molecular complexity index is 202. The van der Waals surface area contributed by atoms with Crippen LogP contribution in [0.2, 0.25) is 0 Å². The van der Waals surface area contributed by atoms with E-state index in [-0.39, 0.29) is 12.7 Å². The molecule has 1 unspecified atom stereocenters. The van der Waals surface area contributed by atoms with Crippen LogP contribution in [0.5, 0.6) is 0 Å². The summed E-state index contributed by atoms with van der Waals surface area (Å²) in [7, 11) is 3.22. The summed E-state index contributed by atoms with van der Waals surface area (Å²) < 4.78 is 10.2. The number of carbonyl (C=O) groups is 1. The highest BCUT2D eigenvalue weighted by Crippen LogP contribution is 2.15. The van der Waals surface area contributed by atoms with Crippen molar-refractivity contribution in [2.24, 2.45) is 0 Å². The van der Waals surface area contributed by atoms with E-state index in [1.54, 1.807) is 7.11 Å². The molecule has 0 spiro atoms. The van der Waals surface area contributed by atoms with Gasteiger partial charge in [0.25, 0.3) is 0 Å². The third-order valence-corrected chi connectivity index (χ3v) is 2.86. The first-order chi connectivity index (χ1) is 7.19. The Morgan fingerprint density at radius 2 is 2.07 bits per heavy atom. The Hall–Kier alpha value is -0.650. The summed E-state index contributed by atoms with van der Waals surface area (Å²) in [6.45, 7) is 1.77. The number of likely N-dealkylation sites (tertiary alicyclic amines) is 1. The average Bonchev–Trinajstić information content (AvgIpc) is 2.26. The quantitative estimate of drug-likeness (QED) is 0.712. The van der Waals surface area contributed by atoms with Gasteiger partial charge in [-0.2, -0.15) is 0 Å². The summed E-state index contributed by atoms with van der Waals surface area (Å²) in [5.41, 5.74) is 0. The fraction of sp³-hybridized carbons (Fsp3) is 0.900. The van der Waals surface area contributed by atoms with Gasteiger partial charge in [-0.1, -0.05) is 0 Å². The highest BCUT2D eigenvalue weighted by molar-refractivity contribution is 5.73. The van der Waals surface area contributed by atoms with Crippen molar-refractivity contribution in [3.05, 3.63) is 0 Å². The number of aliphatic carboxylic acids is 1. The second kappa shape index (κ2) is 6.05. The number of rotatable bonds is 5. The van der Waals surface area contributed by atoms with E-state index < -0.39 is 12.0 Å². The number of carboxylic acids is 1. The molecule has 1 saturated heterocycles. The molecule has 1 heterocycles. The topological polar surface area (TPSA) is 59.0 Å². The lowest BCUT2D eigenvalue weighted by Crippen LogP contribution is -2.49. The molecule has 5 heteroatoms. The van der Waals surface area contributed by atoms with Gasteiger partial charge in [0.1, 0.15) is 6.04 Å². The van der Waals surface area contributed by atoms with E-state index in [2.05, 4.69) is 0 Å². The van der Waals surface area contributed by atoms with Crippen LogP contribution >= 0.6 is 0 Å². The molecule has 1 aliphatic rings. The van der Waals surface area contributed by atoms with Gasteiger partial charge in [-0.3, -0.25) is 9.69 Å². The summed E-state index contributed by atoms with van der Waals surface area (Å²) >= 11 is 0. The number of methoxy groups -OCH3 is 2. The van der Waals surface area contributed by atoms with Crippen molar-refractivity contribution in [2.75, 3.05) is 33.9 Å². The third kappa shape index (κ3) is 3.44. The molecule has 15 heavy (non-hydrogen) atoms. The van der Waals surface area contributed by atoms with Crippen LogP contribution in [0.15, 0.2) is 0 Å². The number of nitrogens with zero attached hydrogens (tertiary/aromatic N) is 1. The fourth-order valence-electron chi connectivity index (χ4n) is 1.91. The van der Waals surface area contributed by atoms with Crippen molar-refractivity contribution in [1.82, 2.24) is 4.90 Å². The minimum atomic E-state index is -0.812. The summed E-state index contributed by atoms with van der Waals surface area (Å²) in [6.07, 6.45) is 2.06. The maximum Gasteiger partial charge on any atom is 0.323 e. The molecule has 1 atom stereocenters. The lowest BCUT2D eigenvalue weighted by molar-refractivity contribution is -0.146. The zero-order valence-corrected chi connectivity index (χ0v) is 9.31. The van der Waals surface area contributed by atoms with Crippen LogP contribution in [-0.4, -0.2) is 62.0 Å². The molecule has 0 radical (unpaired) electrons. The first kappa shape index (κ1) is 12.4. The molecule has 1 aliphatic heterocycles. The van der Waals surface area contributed by atoms with Crippen LogP contribution in [0.3, 0.4) is 0 Å². The number of carboxylic acid groups (broad SMARTS) is 1. The van der Waals surface area contributed by atoms with Gasteiger partial charge in [0.2, 0.25) is 0 Å². The van der Waals surface area contributed by atoms with Crippen LogP contribution in [0.1, 0.15) is 12.8 Å². The summed E-state index contributed by atoms with van der Waals surface area (Å²) in [5.74, 6) is -0.812. The average molecular weight is 217 g/mol. The monoisotopic (exact) mass is 217 g/mol. The first-order valence-electron chi connectivity index (χ1n) is 5.17. The molecule has 0 aromatic heterocycles.